The van der Waals surface area contributed by atoms with Gasteiger partial charge in [0.25, 0.3) is 0 Å². The first kappa shape index (κ1) is 21.2. The molecule has 0 saturated heterocycles. The normalized spacial score (nSPS) is 22.2. The highest BCUT2D eigenvalue weighted by Gasteiger charge is 2.36. The van der Waals surface area contributed by atoms with Crippen LogP contribution in [-0.2, 0) is 19.1 Å². The van der Waals surface area contributed by atoms with Crippen molar-refractivity contribution in [2.24, 2.45) is 27.2 Å². The average molecular weight is 380 g/mol. The molecule has 0 aromatic rings. The first-order chi connectivity index (χ1) is 12.6. The molecule has 152 valence electrons. The Bertz CT molecular complexity index is 573. The van der Waals surface area contributed by atoms with Crippen LogP contribution in [0.5, 0.6) is 0 Å². The van der Waals surface area contributed by atoms with Crippen LogP contribution in [0.1, 0.15) is 41.5 Å². The van der Waals surface area contributed by atoms with Crippen molar-refractivity contribution < 1.29 is 19.1 Å². The molecule has 8 nitrogen and oxygen atoms in total. The summed E-state index contributed by atoms with van der Waals surface area (Å²) in [4.78, 5) is 33.8. The Labute approximate surface area is 161 Å². The summed E-state index contributed by atoms with van der Waals surface area (Å²) in [6.07, 6.45) is 0. The molecule has 8 heteroatoms. The second-order valence-corrected chi connectivity index (χ2v) is 8.28. The number of rotatable bonds is 8. The lowest BCUT2D eigenvalue weighted by atomic mass is 9.91. The predicted octanol–water partition coefficient (Wildman–Crippen LogP) is 1.15. The minimum Gasteiger partial charge on any atom is -0.477 e. The van der Waals surface area contributed by atoms with Gasteiger partial charge in [0, 0.05) is 0 Å². The maximum atomic E-state index is 12.5. The molecule has 0 saturated carbocycles. The zero-order valence-electron chi connectivity index (χ0n) is 17.2. The van der Waals surface area contributed by atoms with E-state index in [4.69, 9.17) is 9.47 Å². The zero-order chi connectivity index (χ0) is 20.2. The largest absolute Gasteiger partial charge is 0.477 e. The predicted molar refractivity (Wildman–Crippen MR) is 104 cm³/mol. The van der Waals surface area contributed by atoms with Crippen molar-refractivity contribution >= 4 is 23.6 Å². The van der Waals surface area contributed by atoms with E-state index in [0.717, 1.165) is 0 Å². The van der Waals surface area contributed by atoms with Crippen molar-refractivity contribution in [3.63, 3.8) is 0 Å². The van der Waals surface area contributed by atoms with Gasteiger partial charge in [-0.1, -0.05) is 27.7 Å². The van der Waals surface area contributed by atoms with Gasteiger partial charge < -0.3 is 20.1 Å². The van der Waals surface area contributed by atoms with Crippen LogP contribution < -0.4 is 10.6 Å². The van der Waals surface area contributed by atoms with Gasteiger partial charge in [-0.2, -0.15) is 0 Å². The molecule has 2 aliphatic heterocycles. The molecule has 0 spiro atoms. The lowest BCUT2D eigenvalue weighted by Gasteiger charge is -2.22. The first-order valence-corrected chi connectivity index (χ1v) is 9.56. The highest BCUT2D eigenvalue weighted by molar-refractivity contribution is 6.05. The van der Waals surface area contributed by atoms with Crippen LogP contribution in [0.15, 0.2) is 9.98 Å². The van der Waals surface area contributed by atoms with E-state index < -0.39 is 5.41 Å². The monoisotopic (exact) mass is 380 g/mol. The van der Waals surface area contributed by atoms with Gasteiger partial charge in [-0.15, -0.1) is 0 Å². The fourth-order valence-electron chi connectivity index (χ4n) is 2.62. The Kier molecular flexibility index (Phi) is 6.84. The summed E-state index contributed by atoms with van der Waals surface area (Å²) in [7, 11) is 0. The van der Waals surface area contributed by atoms with Gasteiger partial charge in [0.05, 0.1) is 25.2 Å². The van der Waals surface area contributed by atoms with Gasteiger partial charge in [-0.05, 0) is 25.7 Å². The van der Waals surface area contributed by atoms with Gasteiger partial charge in [0.15, 0.2) is 0 Å². The van der Waals surface area contributed by atoms with E-state index in [1.165, 1.54) is 0 Å². The van der Waals surface area contributed by atoms with Gasteiger partial charge in [-0.25, -0.2) is 9.98 Å². The van der Waals surface area contributed by atoms with Crippen LogP contribution in [-0.4, -0.2) is 62.0 Å². The second kappa shape index (κ2) is 8.71. The number of aliphatic imine (C=N–C) groups is 2. The minimum absolute atomic E-state index is 0.120. The van der Waals surface area contributed by atoms with Crippen molar-refractivity contribution in [1.82, 2.24) is 10.6 Å². The summed E-state index contributed by atoms with van der Waals surface area (Å²) in [5.74, 6) is 1.02. The number of carbonyl (C=O) groups is 2. The number of nitrogens with zero attached hydrogens (tertiary/aromatic N) is 2. The molecule has 2 amide bonds. The van der Waals surface area contributed by atoms with Crippen molar-refractivity contribution in [3.8, 4) is 0 Å². The van der Waals surface area contributed by atoms with E-state index >= 15 is 0 Å². The molecule has 0 radical (unpaired) electrons. The fraction of sp³-hybridized carbons (Fsp3) is 0.789. The van der Waals surface area contributed by atoms with Crippen molar-refractivity contribution in [1.29, 1.82) is 0 Å². The lowest BCUT2D eigenvalue weighted by Crippen LogP contribution is -2.49. The smallest absolute Gasteiger partial charge is 0.235 e. The Morgan fingerprint density at radius 1 is 0.926 bits per heavy atom. The molecule has 0 bridgehead atoms. The summed E-state index contributed by atoms with van der Waals surface area (Å²) in [6.45, 7) is 12.9. The number of amides is 2. The Balaban J connectivity index is 1.82. The molecule has 2 atom stereocenters. The number of carbonyl (C=O) groups excluding carboxylic acids is 2. The van der Waals surface area contributed by atoms with Crippen LogP contribution in [0, 0.1) is 17.3 Å². The molecule has 2 rings (SSSR count). The maximum Gasteiger partial charge on any atom is 0.235 e. The SMILES string of the molecule is CC(C)[C@H]1COC(CNC(=O)C(C)(C)C(=O)NCC2=N[C@@H](C(C)C)CO2)=N1. The van der Waals surface area contributed by atoms with Gasteiger partial charge in [-0.3, -0.25) is 9.59 Å². The summed E-state index contributed by atoms with van der Waals surface area (Å²) in [6, 6.07) is 0.241. The summed E-state index contributed by atoms with van der Waals surface area (Å²) in [5.41, 5.74) is -1.23. The van der Waals surface area contributed by atoms with Crippen molar-refractivity contribution in [3.05, 3.63) is 0 Å². The van der Waals surface area contributed by atoms with E-state index in [9.17, 15) is 9.59 Å². The zero-order valence-corrected chi connectivity index (χ0v) is 17.2. The molecule has 2 N–H and O–H groups in total. The molecule has 0 aromatic carbocycles. The third-order valence-corrected chi connectivity index (χ3v) is 4.94. The molecule has 2 heterocycles. The topological polar surface area (TPSA) is 101 Å². The summed E-state index contributed by atoms with van der Waals surface area (Å²) < 4.78 is 11.0. The Morgan fingerprint density at radius 2 is 1.30 bits per heavy atom. The Hall–Kier alpha value is -2.12. The number of hydrogen-bond donors (Lipinski definition) is 2. The minimum atomic E-state index is -1.23. The van der Waals surface area contributed by atoms with E-state index in [1.807, 2.05) is 0 Å². The van der Waals surface area contributed by atoms with Crippen LogP contribution in [0.3, 0.4) is 0 Å². The summed E-state index contributed by atoms with van der Waals surface area (Å²) >= 11 is 0. The van der Waals surface area contributed by atoms with Crippen LogP contribution >= 0.6 is 0 Å². The second-order valence-electron chi connectivity index (χ2n) is 8.28. The maximum absolute atomic E-state index is 12.5. The molecule has 2 aliphatic rings. The van der Waals surface area contributed by atoms with E-state index in [0.29, 0.717) is 36.8 Å². The first-order valence-electron chi connectivity index (χ1n) is 9.56. The number of ether oxygens (including phenoxy) is 2. The third kappa shape index (κ3) is 5.43. The average Bonchev–Trinajstić information content (AvgIpc) is 3.26. The quantitative estimate of drug-likeness (QED) is 0.617. The van der Waals surface area contributed by atoms with Crippen LogP contribution in [0.2, 0.25) is 0 Å². The highest BCUT2D eigenvalue weighted by Crippen LogP contribution is 2.17. The van der Waals surface area contributed by atoms with Gasteiger partial charge in [0.2, 0.25) is 23.6 Å². The lowest BCUT2D eigenvalue weighted by molar-refractivity contribution is -0.141. The summed E-state index contributed by atoms with van der Waals surface area (Å²) in [5, 5.41) is 5.48. The van der Waals surface area contributed by atoms with E-state index in [-0.39, 0.29) is 37.0 Å². The molecule has 0 aromatic heterocycles. The number of nitrogens with one attached hydrogen (secondary N) is 2. The number of hydrogen-bond acceptors (Lipinski definition) is 6. The van der Waals surface area contributed by atoms with E-state index in [2.05, 4.69) is 48.3 Å². The van der Waals surface area contributed by atoms with Gasteiger partial charge in [0.1, 0.15) is 18.6 Å². The molecule has 0 fully saturated rings. The molecule has 27 heavy (non-hydrogen) atoms. The van der Waals surface area contributed by atoms with Crippen molar-refractivity contribution in [2.45, 2.75) is 53.6 Å². The van der Waals surface area contributed by atoms with Crippen LogP contribution in [0.25, 0.3) is 0 Å². The van der Waals surface area contributed by atoms with Gasteiger partial charge >= 0.3 is 0 Å². The molecule has 0 aliphatic carbocycles. The van der Waals surface area contributed by atoms with Crippen LogP contribution in [0.4, 0.5) is 0 Å². The standard InChI is InChI=1S/C19H32N4O4/c1-11(2)13-9-26-15(22-13)7-20-17(24)19(5,6)18(25)21-8-16-23-14(10-27-16)12(3)4/h11-14H,7-10H2,1-6H3,(H,20,24)(H,21,25)/t13-,14-/m1/s1. The molecule has 0 unspecified atom stereocenters. The van der Waals surface area contributed by atoms with E-state index in [1.54, 1.807) is 13.8 Å². The highest BCUT2D eigenvalue weighted by atomic mass is 16.5. The Morgan fingerprint density at radius 3 is 1.59 bits per heavy atom. The fourth-order valence-corrected chi connectivity index (χ4v) is 2.62. The van der Waals surface area contributed by atoms with Crippen molar-refractivity contribution in [2.75, 3.05) is 26.3 Å². The molecular formula is C19H32N4O4. The molecular weight excluding hydrogens is 348 g/mol. The third-order valence-electron chi connectivity index (χ3n) is 4.94.